The van der Waals surface area contributed by atoms with E-state index in [0.717, 1.165) is 18.4 Å². The molecule has 1 amide bonds. The van der Waals surface area contributed by atoms with Crippen LogP contribution >= 0.6 is 0 Å². The Morgan fingerprint density at radius 2 is 2.04 bits per heavy atom. The predicted octanol–water partition coefficient (Wildman–Crippen LogP) is 3.60. The van der Waals surface area contributed by atoms with E-state index in [1.165, 1.54) is 17.9 Å². The Morgan fingerprint density at radius 1 is 1.28 bits per heavy atom. The number of nitrogens with one attached hydrogen (secondary N) is 1. The summed E-state index contributed by atoms with van der Waals surface area (Å²) in [7, 11) is 0. The van der Waals surface area contributed by atoms with Gasteiger partial charge in [0.05, 0.1) is 17.9 Å². The van der Waals surface area contributed by atoms with Crippen LogP contribution in [0.25, 0.3) is 0 Å². The van der Waals surface area contributed by atoms with E-state index in [0.29, 0.717) is 17.4 Å². The Morgan fingerprint density at radius 3 is 2.76 bits per heavy atom. The van der Waals surface area contributed by atoms with Crippen molar-refractivity contribution in [3.8, 4) is 0 Å². The Hall–Kier alpha value is -2.56. The maximum atomic E-state index is 12.8. The first-order valence-corrected chi connectivity index (χ1v) is 8.64. The summed E-state index contributed by atoms with van der Waals surface area (Å²) in [6, 6.07) is 9.65. The number of benzene rings is 1. The van der Waals surface area contributed by atoms with Crippen molar-refractivity contribution in [2.45, 2.75) is 39.2 Å². The Labute approximate surface area is 147 Å². The number of carbonyl (C=O) groups excluding carboxylic acids is 1. The van der Waals surface area contributed by atoms with Crippen LogP contribution in [0.5, 0.6) is 0 Å². The van der Waals surface area contributed by atoms with Crippen LogP contribution in [-0.4, -0.2) is 17.0 Å². The van der Waals surface area contributed by atoms with Crippen molar-refractivity contribution in [3.63, 3.8) is 0 Å². The third-order valence-corrected chi connectivity index (χ3v) is 5.01. The predicted molar refractivity (Wildman–Crippen MR) is 93.3 cm³/mol. The van der Waals surface area contributed by atoms with Crippen LogP contribution in [0, 0.1) is 11.8 Å². The molecule has 0 aliphatic heterocycles. The molecule has 1 aromatic heterocycles. The summed E-state index contributed by atoms with van der Waals surface area (Å²) in [6.07, 6.45) is 3.10. The quantitative estimate of drug-likeness (QED) is 0.871. The minimum atomic E-state index is -1.02. The molecule has 0 saturated carbocycles. The van der Waals surface area contributed by atoms with Gasteiger partial charge in [-0.3, -0.25) is 9.59 Å². The van der Waals surface area contributed by atoms with Crippen LogP contribution in [0.15, 0.2) is 41.0 Å². The van der Waals surface area contributed by atoms with E-state index in [2.05, 4.69) is 31.3 Å². The number of carboxylic acid groups (broad SMARTS) is 1. The van der Waals surface area contributed by atoms with Crippen molar-refractivity contribution in [1.29, 1.82) is 0 Å². The smallest absolute Gasteiger partial charge is 0.311 e. The molecule has 3 rings (SSSR count). The standard InChI is InChI=1S/C20H23NO4/c1-12(2)14-8-7-13-5-3-4-6-15(13)19(14)21-20(24)16-9-10-25-17(16)11-18(22)23/h3-6,9-10,12,14,19H,7-8,11H2,1-2H3,(H,21,24)(H,22,23). The molecule has 5 heteroatoms. The molecule has 1 aliphatic carbocycles. The molecule has 2 atom stereocenters. The van der Waals surface area contributed by atoms with E-state index in [1.54, 1.807) is 0 Å². The number of aryl methyl sites for hydroxylation is 1. The van der Waals surface area contributed by atoms with Crippen LogP contribution in [-0.2, 0) is 17.6 Å². The number of rotatable bonds is 5. The van der Waals surface area contributed by atoms with Crippen LogP contribution in [0.4, 0.5) is 0 Å². The second-order valence-corrected chi connectivity index (χ2v) is 6.92. The molecule has 0 fully saturated rings. The zero-order valence-corrected chi connectivity index (χ0v) is 14.5. The van der Waals surface area contributed by atoms with E-state index in [4.69, 9.17) is 9.52 Å². The third kappa shape index (κ3) is 3.60. The molecule has 0 spiro atoms. The first-order valence-electron chi connectivity index (χ1n) is 8.64. The molecule has 0 saturated heterocycles. The molecule has 132 valence electrons. The highest BCUT2D eigenvalue weighted by Gasteiger charge is 2.33. The molecule has 0 radical (unpaired) electrons. The maximum absolute atomic E-state index is 12.8. The lowest BCUT2D eigenvalue weighted by atomic mass is 9.74. The Bertz CT molecular complexity index is 778. The van der Waals surface area contributed by atoms with Crippen LogP contribution in [0.3, 0.4) is 0 Å². The van der Waals surface area contributed by atoms with Gasteiger partial charge in [-0.05, 0) is 41.9 Å². The van der Waals surface area contributed by atoms with E-state index in [1.807, 2.05) is 12.1 Å². The lowest BCUT2D eigenvalue weighted by Crippen LogP contribution is -2.38. The summed E-state index contributed by atoms with van der Waals surface area (Å²) in [4.78, 5) is 23.7. The van der Waals surface area contributed by atoms with Crippen molar-refractivity contribution < 1.29 is 19.1 Å². The normalized spacial score (nSPS) is 19.5. The highest BCUT2D eigenvalue weighted by Crippen LogP contribution is 2.38. The van der Waals surface area contributed by atoms with Crippen molar-refractivity contribution in [2.24, 2.45) is 11.8 Å². The zero-order chi connectivity index (χ0) is 18.0. The molecule has 1 heterocycles. The number of fused-ring (bicyclic) bond motifs is 1. The first-order chi connectivity index (χ1) is 12.0. The summed E-state index contributed by atoms with van der Waals surface area (Å²) in [5, 5.41) is 12.1. The van der Waals surface area contributed by atoms with Gasteiger partial charge in [-0.15, -0.1) is 0 Å². The fraction of sp³-hybridized carbons (Fsp3) is 0.400. The topological polar surface area (TPSA) is 79.5 Å². The molecule has 2 N–H and O–H groups in total. The van der Waals surface area contributed by atoms with E-state index < -0.39 is 5.97 Å². The van der Waals surface area contributed by atoms with Gasteiger partial charge in [-0.25, -0.2) is 0 Å². The molecule has 25 heavy (non-hydrogen) atoms. The van der Waals surface area contributed by atoms with E-state index in [9.17, 15) is 9.59 Å². The number of carbonyl (C=O) groups is 2. The van der Waals surface area contributed by atoms with Crippen LogP contribution in [0.2, 0.25) is 0 Å². The summed E-state index contributed by atoms with van der Waals surface area (Å²) < 4.78 is 5.19. The van der Waals surface area contributed by atoms with Crippen molar-refractivity contribution >= 4 is 11.9 Å². The number of hydrogen-bond donors (Lipinski definition) is 2. The number of furan rings is 1. The van der Waals surface area contributed by atoms with Crippen LogP contribution in [0.1, 0.15) is 53.6 Å². The summed E-state index contributed by atoms with van der Waals surface area (Å²) in [6.45, 7) is 4.34. The molecule has 1 aliphatic rings. The number of aliphatic carboxylic acids is 1. The lowest BCUT2D eigenvalue weighted by molar-refractivity contribution is -0.136. The van der Waals surface area contributed by atoms with Gasteiger partial charge in [-0.1, -0.05) is 38.1 Å². The minimum absolute atomic E-state index is 0.0787. The Kier molecular flexibility index (Phi) is 4.93. The molecular weight excluding hydrogens is 318 g/mol. The molecule has 1 aromatic carbocycles. The van der Waals surface area contributed by atoms with Crippen LogP contribution < -0.4 is 5.32 Å². The van der Waals surface area contributed by atoms with E-state index in [-0.39, 0.29) is 24.1 Å². The monoisotopic (exact) mass is 341 g/mol. The second-order valence-electron chi connectivity index (χ2n) is 6.92. The second kappa shape index (κ2) is 7.13. The summed E-state index contributed by atoms with van der Waals surface area (Å²) >= 11 is 0. The number of amides is 1. The Balaban J connectivity index is 1.88. The van der Waals surface area contributed by atoms with Gasteiger partial charge in [0.2, 0.25) is 0 Å². The average Bonchev–Trinajstić information content (AvgIpc) is 3.02. The SMILES string of the molecule is CC(C)C1CCc2ccccc2C1NC(=O)c1ccoc1CC(=O)O. The average molecular weight is 341 g/mol. The lowest BCUT2D eigenvalue weighted by Gasteiger charge is -2.36. The summed E-state index contributed by atoms with van der Waals surface area (Å²) in [5.41, 5.74) is 2.72. The van der Waals surface area contributed by atoms with E-state index >= 15 is 0 Å². The highest BCUT2D eigenvalue weighted by molar-refractivity contribution is 5.96. The van der Waals surface area contributed by atoms with Gasteiger partial charge >= 0.3 is 5.97 Å². The van der Waals surface area contributed by atoms with Gasteiger partial charge in [-0.2, -0.15) is 0 Å². The number of hydrogen-bond acceptors (Lipinski definition) is 3. The summed E-state index contributed by atoms with van der Waals surface area (Å²) in [5.74, 6) is -0.338. The number of carboxylic acids is 1. The van der Waals surface area contributed by atoms with Gasteiger partial charge in [0.1, 0.15) is 12.2 Å². The first kappa shape index (κ1) is 17.3. The fourth-order valence-electron chi connectivity index (χ4n) is 3.72. The fourth-order valence-corrected chi connectivity index (χ4v) is 3.72. The molecular formula is C20H23NO4. The van der Waals surface area contributed by atoms with Crippen molar-refractivity contribution in [1.82, 2.24) is 5.32 Å². The van der Waals surface area contributed by atoms with Gasteiger partial charge in [0, 0.05) is 0 Å². The van der Waals surface area contributed by atoms with Crippen molar-refractivity contribution in [2.75, 3.05) is 0 Å². The minimum Gasteiger partial charge on any atom is -0.481 e. The largest absolute Gasteiger partial charge is 0.481 e. The molecule has 5 nitrogen and oxygen atoms in total. The third-order valence-electron chi connectivity index (χ3n) is 5.01. The molecule has 2 aromatic rings. The van der Waals surface area contributed by atoms with Crippen molar-refractivity contribution in [3.05, 3.63) is 59.0 Å². The van der Waals surface area contributed by atoms with Gasteiger partial charge in [0.15, 0.2) is 0 Å². The molecule has 0 bridgehead atoms. The zero-order valence-electron chi connectivity index (χ0n) is 14.5. The molecule has 2 unspecified atom stereocenters. The van der Waals surface area contributed by atoms with Gasteiger partial charge < -0.3 is 14.8 Å². The highest BCUT2D eigenvalue weighted by atomic mass is 16.4. The van der Waals surface area contributed by atoms with Gasteiger partial charge in [0.25, 0.3) is 5.91 Å². The maximum Gasteiger partial charge on any atom is 0.311 e.